The van der Waals surface area contributed by atoms with Gasteiger partial charge in [0, 0.05) is 53.4 Å². The van der Waals surface area contributed by atoms with Crippen LogP contribution < -0.4 is 0 Å². The molecule has 234 valence electrons. The first-order valence-corrected chi connectivity index (χ1v) is 17.2. The molecule has 0 aliphatic rings. The van der Waals surface area contributed by atoms with Gasteiger partial charge in [-0.05, 0) is 36.4 Å². The molecular formula is C43H25N5OS. The summed E-state index contributed by atoms with van der Waals surface area (Å²) in [7, 11) is 0. The van der Waals surface area contributed by atoms with Crippen LogP contribution in [0.15, 0.2) is 156 Å². The Hall–Kier alpha value is -6.57. The maximum absolute atomic E-state index is 6.52. The van der Waals surface area contributed by atoms with Gasteiger partial charge in [0.05, 0.1) is 0 Å². The van der Waals surface area contributed by atoms with Gasteiger partial charge in [-0.25, -0.2) is 24.9 Å². The highest BCUT2D eigenvalue weighted by atomic mass is 32.1. The zero-order chi connectivity index (χ0) is 33.0. The number of aromatic nitrogens is 5. The summed E-state index contributed by atoms with van der Waals surface area (Å²) in [6.45, 7) is 0. The smallest absolute Gasteiger partial charge is 0.180 e. The summed E-state index contributed by atoms with van der Waals surface area (Å²) >= 11 is 1.76. The molecule has 0 aliphatic carbocycles. The maximum atomic E-state index is 6.52. The van der Waals surface area contributed by atoms with E-state index < -0.39 is 0 Å². The van der Waals surface area contributed by atoms with E-state index in [0.29, 0.717) is 28.9 Å². The Bertz CT molecular complexity index is 2810. The van der Waals surface area contributed by atoms with E-state index in [1.165, 1.54) is 0 Å². The molecule has 6 nitrogen and oxygen atoms in total. The second-order valence-corrected chi connectivity index (χ2v) is 13.2. The third-order valence-electron chi connectivity index (χ3n) is 8.96. The fraction of sp³-hybridized carbons (Fsp3) is 0. The van der Waals surface area contributed by atoms with Gasteiger partial charge in [0.2, 0.25) is 0 Å². The Labute approximate surface area is 290 Å². The molecule has 10 aromatic rings. The van der Waals surface area contributed by atoms with Crippen molar-refractivity contribution in [3.8, 4) is 56.8 Å². The Kier molecular flexibility index (Phi) is 6.57. The standard InChI is InChI=1S/C43H25N5OS/c1-4-13-26(14-5-1)40-44-37-30-19-10-11-21-33(30)49-39(37)38(45-40)31-20-12-22-35-36(31)32-25-29(23-24-34(32)50-35)43-47-41(27-15-6-2-7-16-27)46-42(48-43)28-17-8-3-9-18-28/h1-25H. The third kappa shape index (κ3) is 4.75. The van der Waals surface area contributed by atoms with Crippen LogP contribution >= 0.6 is 11.3 Å². The molecule has 50 heavy (non-hydrogen) atoms. The van der Waals surface area contributed by atoms with Gasteiger partial charge >= 0.3 is 0 Å². The normalized spacial score (nSPS) is 11.6. The Balaban J connectivity index is 1.22. The van der Waals surface area contributed by atoms with Gasteiger partial charge in [-0.1, -0.05) is 115 Å². The lowest BCUT2D eigenvalue weighted by molar-refractivity contribution is 0.667. The van der Waals surface area contributed by atoms with E-state index in [0.717, 1.165) is 70.2 Å². The molecule has 0 fully saturated rings. The second-order valence-electron chi connectivity index (χ2n) is 12.1. The molecule has 7 heteroatoms. The van der Waals surface area contributed by atoms with Crippen molar-refractivity contribution in [2.75, 3.05) is 0 Å². The predicted octanol–water partition coefficient (Wildman–Crippen LogP) is 11.3. The van der Waals surface area contributed by atoms with Crippen molar-refractivity contribution in [3.63, 3.8) is 0 Å². The minimum atomic E-state index is 0.615. The SMILES string of the molecule is c1ccc(-c2nc(-c3ccccc3)nc(-c3ccc4sc5cccc(-c6nc(-c7ccccc7)nc7c6oc6ccccc67)c5c4c3)n2)cc1. The van der Waals surface area contributed by atoms with Crippen LogP contribution in [0.1, 0.15) is 0 Å². The van der Waals surface area contributed by atoms with Gasteiger partial charge in [-0.15, -0.1) is 11.3 Å². The molecule has 0 amide bonds. The summed E-state index contributed by atoms with van der Waals surface area (Å²) in [4.78, 5) is 25.2. The van der Waals surface area contributed by atoms with Gasteiger partial charge < -0.3 is 4.42 Å². The molecule has 0 radical (unpaired) electrons. The highest BCUT2D eigenvalue weighted by Crippen LogP contribution is 2.44. The van der Waals surface area contributed by atoms with Crippen molar-refractivity contribution in [2.45, 2.75) is 0 Å². The van der Waals surface area contributed by atoms with Gasteiger partial charge in [-0.3, -0.25) is 0 Å². The lowest BCUT2D eigenvalue weighted by Gasteiger charge is -2.09. The minimum absolute atomic E-state index is 0.615. The molecule has 6 aromatic carbocycles. The zero-order valence-electron chi connectivity index (χ0n) is 26.5. The van der Waals surface area contributed by atoms with E-state index in [9.17, 15) is 0 Å². The van der Waals surface area contributed by atoms with Gasteiger partial charge in [0.15, 0.2) is 28.9 Å². The number of benzene rings is 6. The van der Waals surface area contributed by atoms with Crippen LogP contribution in [-0.4, -0.2) is 24.9 Å². The molecule has 0 spiro atoms. The van der Waals surface area contributed by atoms with Crippen LogP contribution in [-0.2, 0) is 0 Å². The first-order valence-electron chi connectivity index (χ1n) is 16.3. The molecule has 4 heterocycles. The van der Waals surface area contributed by atoms with Crippen LogP contribution in [0.3, 0.4) is 0 Å². The van der Waals surface area contributed by atoms with Crippen LogP contribution in [0, 0.1) is 0 Å². The predicted molar refractivity (Wildman–Crippen MR) is 203 cm³/mol. The molecule has 4 aromatic heterocycles. The highest BCUT2D eigenvalue weighted by molar-refractivity contribution is 7.26. The first-order chi connectivity index (χ1) is 24.8. The van der Waals surface area contributed by atoms with E-state index in [1.807, 2.05) is 109 Å². The van der Waals surface area contributed by atoms with Crippen LogP contribution in [0.25, 0.3) is 99.1 Å². The molecule has 0 saturated heterocycles. The lowest BCUT2D eigenvalue weighted by atomic mass is 10.0. The molecule has 0 saturated carbocycles. The van der Waals surface area contributed by atoms with Crippen LogP contribution in [0.4, 0.5) is 0 Å². The van der Waals surface area contributed by atoms with E-state index in [-0.39, 0.29) is 0 Å². The van der Waals surface area contributed by atoms with Crippen molar-refractivity contribution in [3.05, 3.63) is 152 Å². The fourth-order valence-corrected chi connectivity index (χ4v) is 7.70. The summed E-state index contributed by atoms with van der Waals surface area (Å²) < 4.78 is 8.84. The second kappa shape index (κ2) is 11.5. The fourth-order valence-electron chi connectivity index (χ4n) is 6.59. The average Bonchev–Trinajstić information content (AvgIpc) is 3.77. The molecule has 0 N–H and O–H groups in total. The van der Waals surface area contributed by atoms with E-state index in [1.54, 1.807) is 11.3 Å². The molecule has 10 rings (SSSR count). The Morgan fingerprint density at radius 3 is 1.66 bits per heavy atom. The molecule has 0 unspecified atom stereocenters. The van der Waals surface area contributed by atoms with Crippen molar-refractivity contribution in [2.24, 2.45) is 0 Å². The number of fused-ring (bicyclic) bond motifs is 6. The van der Waals surface area contributed by atoms with Gasteiger partial charge in [0.1, 0.15) is 16.8 Å². The van der Waals surface area contributed by atoms with Gasteiger partial charge in [-0.2, -0.15) is 0 Å². The van der Waals surface area contributed by atoms with Gasteiger partial charge in [0.25, 0.3) is 0 Å². The maximum Gasteiger partial charge on any atom is 0.180 e. The summed E-state index contributed by atoms with van der Waals surface area (Å²) in [6, 6.07) is 51.1. The summed E-state index contributed by atoms with van der Waals surface area (Å²) in [6.07, 6.45) is 0. The monoisotopic (exact) mass is 659 g/mol. The third-order valence-corrected chi connectivity index (χ3v) is 10.1. The molecule has 0 aliphatic heterocycles. The Morgan fingerprint density at radius 1 is 0.420 bits per heavy atom. The summed E-state index contributed by atoms with van der Waals surface area (Å²) in [5.74, 6) is 2.53. The molecule has 0 bridgehead atoms. The molecule has 0 atom stereocenters. The number of rotatable bonds is 5. The van der Waals surface area contributed by atoms with Crippen molar-refractivity contribution in [1.29, 1.82) is 0 Å². The number of thiophene rings is 1. The minimum Gasteiger partial charge on any atom is -0.452 e. The number of nitrogens with zero attached hydrogens (tertiary/aromatic N) is 5. The Morgan fingerprint density at radius 2 is 1.00 bits per heavy atom. The lowest BCUT2D eigenvalue weighted by Crippen LogP contribution is -2.00. The first kappa shape index (κ1) is 28.4. The number of para-hydroxylation sites is 1. The number of hydrogen-bond acceptors (Lipinski definition) is 7. The van der Waals surface area contributed by atoms with E-state index in [4.69, 9.17) is 29.3 Å². The topological polar surface area (TPSA) is 77.6 Å². The highest BCUT2D eigenvalue weighted by Gasteiger charge is 2.22. The quantitative estimate of drug-likeness (QED) is 0.183. The summed E-state index contributed by atoms with van der Waals surface area (Å²) in [5, 5.41) is 3.17. The summed E-state index contributed by atoms with van der Waals surface area (Å²) in [5.41, 5.74) is 7.73. The average molecular weight is 660 g/mol. The number of hydrogen-bond donors (Lipinski definition) is 0. The number of furan rings is 1. The molecular weight excluding hydrogens is 635 g/mol. The van der Waals surface area contributed by atoms with Crippen molar-refractivity contribution >= 4 is 53.6 Å². The zero-order valence-corrected chi connectivity index (χ0v) is 27.3. The van der Waals surface area contributed by atoms with Crippen molar-refractivity contribution < 1.29 is 4.42 Å². The van der Waals surface area contributed by atoms with Crippen molar-refractivity contribution in [1.82, 2.24) is 24.9 Å². The largest absolute Gasteiger partial charge is 0.452 e. The van der Waals surface area contributed by atoms with E-state index in [2.05, 4.69) is 42.5 Å². The van der Waals surface area contributed by atoms with E-state index >= 15 is 0 Å². The van der Waals surface area contributed by atoms with Crippen LogP contribution in [0.5, 0.6) is 0 Å². The van der Waals surface area contributed by atoms with Crippen LogP contribution in [0.2, 0.25) is 0 Å².